The van der Waals surface area contributed by atoms with E-state index in [0.717, 1.165) is 27.8 Å². The number of carbonyl (C=O) groups excluding carboxylic acids is 1. The van der Waals surface area contributed by atoms with Crippen LogP contribution in [-0.4, -0.2) is 58.0 Å². The Labute approximate surface area is 216 Å². The molecule has 1 N–H and O–H groups in total. The molecule has 8 nitrogen and oxygen atoms in total. The van der Waals surface area contributed by atoms with Gasteiger partial charge in [0, 0.05) is 48.7 Å². The number of halogens is 2. The van der Waals surface area contributed by atoms with Crippen molar-refractivity contribution in [3.8, 4) is 0 Å². The normalized spacial score (nSPS) is 15.3. The Hall–Kier alpha value is -3.56. The first-order chi connectivity index (χ1) is 17.4. The standard InChI is InChI=1S/C27H34F2N6O2/c1-16-19(8-7-9-20(16)24(28)29)17(2)31-25-21-14-23(30-15-22(21)18(3)32-33-25)34-10-12-35(13-11-34)26(36)37-27(4,5)6/h7-9,14-15,17,24H,10-13H2,1-6H3,(H,31,33)/t17-/m1/s1. The molecule has 1 atom stereocenters. The smallest absolute Gasteiger partial charge is 0.410 e. The summed E-state index contributed by atoms with van der Waals surface area (Å²) in [5, 5.41) is 13.8. The molecule has 0 radical (unpaired) electrons. The van der Waals surface area contributed by atoms with Crippen LogP contribution in [0.25, 0.3) is 10.8 Å². The van der Waals surface area contributed by atoms with E-state index in [1.165, 1.54) is 6.07 Å². The van der Waals surface area contributed by atoms with Crippen molar-refractivity contribution in [3.63, 3.8) is 0 Å². The van der Waals surface area contributed by atoms with Gasteiger partial charge in [-0.15, -0.1) is 5.10 Å². The van der Waals surface area contributed by atoms with E-state index in [1.54, 1.807) is 24.1 Å². The fourth-order valence-corrected chi connectivity index (χ4v) is 4.55. The monoisotopic (exact) mass is 512 g/mol. The van der Waals surface area contributed by atoms with Gasteiger partial charge in [0.05, 0.1) is 11.7 Å². The van der Waals surface area contributed by atoms with E-state index in [-0.39, 0.29) is 17.7 Å². The molecule has 0 aliphatic carbocycles. The lowest BCUT2D eigenvalue weighted by Gasteiger charge is -2.36. The second-order valence-corrected chi connectivity index (χ2v) is 10.4. The number of pyridine rings is 1. The number of nitrogens with zero attached hydrogens (tertiary/aromatic N) is 5. The maximum absolute atomic E-state index is 13.4. The Morgan fingerprint density at radius 3 is 2.38 bits per heavy atom. The molecule has 1 saturated heterocycles. The molecule has 2 aromatic heterocycles. The highest BCUT2D eigenvalue weighted by molar-refractivity contribution is 5.94. The number of ether oxygens (including phenoxy) is 1. The molecule has 4 rings (SSSR count). The molecule has 37 heavy (non-hydrogen) atoms. The van der Waals surface area contributed by atoms with Crippen molar-refractivity contribution in [2.45, 2.75) is 59.6 Å². The zero-order valence-electron chi connectivity index (χ0n) is 22.2. The van der Waals surface area contributed by atoms with E-state index >= 15 is 0 Å². The number of piperazine rings is 1. The number of alkyl halides is 2. The van der Waals surface area contributed by atoms with Gasteiger partial charge in [-0.05, 0) is 58.7 Å². The van der Waals surface area contributed by atoms with Crippen molar-refractivity contribution in [2.75, 3.05) is 36.4 Å². The van der Waals surface area contributed by atoms with Gasteiger partial charge in [0.2, 0.25) is 0 Å². The van der Waals surface area contributed by atoms with Gasteiger partial charge >= 0.3 is 6.09 Å². The number of nitrogens with one attached hydrogen (secondary N) is 1. The molecule has 1 amide bonds. The van der Waals surface area contributed by atoms with Crippen LogP contribution in [-0.2, 0) is 4.74 Å². The van der Waals surface area contributed by atoms with Crippen LogP contribution in [0.5, 0.6) is 0 Å². The van der Waals surface area contributed by atoms with Crippen molar-refractivity contribution in [1.29, 1.82) is 0 Å². The molecule has 0 spiro atoms. The molecule has 0 bridgehead atoms. The zero-order chi connectivity index (χ0) is 26.9. The molecule has 3 heterocycles. The molecule has 1 fully saturated rings. The average Bonchev–Trinajstić information content (AvgIpc) is 2.84. The highest BCUT2D eigenvalue weighted by Gasteiger charge is 2.27. The summed E-state index contributed by atoms with van der Waals surface area (Å²) >= 11 is 0. The summed E-state index contributed by atoms with van der Waals surface area (Å²) < 4.78 is 32.4. The van der Waals surface area contributed by atoms with E-state index in [4.69, 9.17) is 4.74 Å². The lowest BCUT2D eigenvalue weighted by atomic mass is 9.97. The molecule has 198 valence electrons. The zero-order valence-corrected chi connectivity index (χ0v) is 22.2. The second kappa shape index (κ2) is 10.4. The van der Waals surface area contributed by atoms with Gasteiger partial charge in [0.15, 0.2) is 5.82 Å². The lowest BCUT2D eigenvalue weighted by Crippen LogP contribution is -2.50. The summed E-state index contributed by atoms with van der Waals surface area (Å²) in [5.41, 5.74) is 1.58. The maximum atomic E-state index is 13.4. The van der Waals surface area contributed by atoms with Gasteiger partial charge in [0.1, 0.15) is 11.4 Å². The van der Waals surface area contributed by atoms with Crippen molar-refractivity contribution in [1.82, 2.24) is 20.1 Å². The van der Waals surface area contributed by atoms with E-state index in [0.29, 0.717) is 37.6 Å². The molecular formula is C27H34F2N6O2. The largest absolute Gasteiger partial charge is 0.444 e. The SMILES string of the molecule is Cc1c(C(F)F)cccc1[C@@H](C)Nc1nnc(C)c2cnc(N3CCN(C(=O)OC(C)(C)C)CC3)cc12. The lowest BCUT2D eigenvalue weighted by molar-refractivity contribution is 0.0240. The van der Waals surface area contributed by atoms with Crippen molar-refractivity contribution < 1.29 is 18.3 Å². The third kappa shape index (κ3) is 5.89. The summed E-state index contributed by atoms with van der Waals surface area (Å²) in [6.07, 6.45) is -1.05. The number of hydrogen-bond acceptors (Lipinski definition) is 7. The molecule has 1 aliphatic rings. The number of aromatic nitrogens is 3. The molecule has 10 heteroatoms. The molecule has 0 saturated carbocycles. The fourth-order valence-electron chi connectivity index (χ4n) is 4.55. The highest BCUT2D eigenvalue weighted by Crippen LogP contribution is 2.32. The molecule has 3 aromatic rings. The number of fused-ring (bicyclic) bond motifs is 1. The minimum absolute atomic E-state index is 0.0306. The first-order valence-corrected chi connectivity index (χ1v) is 12.4. The Kier molecular flexibility index (Phi) is 7.47. The van der Waals surface area contributed by atoms with Crippen LogP contribution < -0.4 is 10.2 Å². The predicted octanol–water partition coefficient (Wildman–Crippen LogP) is 5.81. The number of benzene rings is 1. The highest BCUT2D eigenvalue weighted by atomic mass is 19.3. The average molecular weight is 513 g/mol. The van der Waals surface area contributed by atoms with Crippen LogP contribution in [0.1, 0.15) is 62.5 Å². The molecule has 0 unspecified atom stereocenters. The maximum Gasteiger partial charge on any atom is 0.410 e. The number of anilines is 2. The first kappa shape index (κ1) is 26.5. The van der Waals surface area contributed by atoms with Crippen LogP contribution >= 0.6 is 0 Å². The van der Waals surface area contributed by atoms with E-state index < -0.39 is 12.0 Å². The van der Waals surface area contributed by atoms with Crippen molar-refractivity contribution in [2.24, 2.45) is 0 Å². The summed E-state index contributed by atoms with van der Waals surface area (Å²) in [6, 6.07) is 6.66. The van der Waals surface area contributed by atoms with Gasteiger partial charge in [-0.2, -0.15) is 5.10 Å². The van der Waals surface area contributed by atoms with Crippen molar-refractivity contribution in [3.05, 3.63) is 52.8 Å². The summed E-state index contributed by atoms with van der Waals surface area (Å²) in [7, 11) is 0. The number of hydrogen-bond donors (Lipinski definition) is 1. The van der Waals surface area contributed by atoms with E-state index in [1.807, 2.05) is 46.8 Å². The van der Waals surface area contributed by atoms with Gasteiger partial charge in [-0.25, -0.2) is 18.6 Å². The number of amides is 1. The first-order valence-electron chi connectivity index (χ1n) is 12.4. The Balaban J connectivity index is 1.56. The number of aryl methyl sites for hydroxylation is 1. The topological polar surface area (TPSA) is 83.5 Å². The number of carbonyl (C=O) groups is 1. The van der Waals surface area contributed by atoms with Crippen LogP contribution in [0, 0.1) is 13.8 Å². The minimum atomic E-state index is -2.53. The van der Waals surface area contributed by atoms with Crippen LogP contribution in [0.2, 0.25) is 0 Å². The van der Waals surface area contributed by atoms with Gasteiger partial charge < -0.3 is 19.9 Å². The Morgan fingerprint density at radius 2 is 1.73 bits per heavy atom. The summed E-state index contributed by atoms with van der Waals surface area (Å²) in [6.45, 7) is 13.4. The van der Waals surface area contributed by atoms with E-state index in [9.17, 15) is 13.6 Å². The molecule has 1 aromatic carbocycles. The minimum Gasteiger partial charge on any atom is -0.444 e. The van der Waals surface area contributed by atoms with Gasteiger partial charge in [-0.3, -0.25) is 0 Å². The van der Waals surface area contributed by atoms with Crippen LogP contribution in [0.15, 0.2) is 30.5 Å². The Morgan fingerprint density at radius 1 is 1.05 bits per heavy atom. The summed E-state index contributed by atoms with van der Waals surface area (Å²) in [5.74, 6) is 1.33. The van der Waals surface area contributed by atoms with Gasteiger partial charge in [-0.1, -0.05) is 18.2 Å². The van der Waals surface area contributed by atoms with Crippen LogP contribution in [0.4, 0.5) is 25.2 Å². The Bertz CT molecular complexity index is 1290. The predicted molar refractivity (Wildman–Crippen MR) is 140 cm³/mol. The number of rotatable bonds is 5. The molecule has 1 aliphatic heterocycles. The molecular weight excluding hydrogens is 478 g/mol. The third-order valence-corrected chi connectivity index (χ3v) is 6.56. The fraction of sp³-hybridized carbons (Fsp3) is 0.481. The van der Waals surface area contributed by atoms with Gasteiger partial charge in [0.25, 0.3) is 6.43 Å². The second-order valence-electron chi connectivity index (χ2n) is 10.4. The van der Waals surface area contributed by atoms with Crippen molar-refractivity contribution >= 4 is 28.5 Å². The van der Waals surface area contributed by atoms with E-state index in [2.05, 4.69) is 25.4 Å². The van der Waals surface area contributed by atoms with Crippen LogP contribution in [0.3, 0.4) is 0 Å². The summed E-state index contributed by atoms with van der Waals surface area (Å²) in [4.78, 5) is 20.9. The quantitative estimate of drug-likeness (QED) is 0.462. The third-order valence-electron chi connectivity index (χ3n) is 6.56.